The summed E-state index contributed by atoms with van der Waals surface area (Å²) in [7, 11) is 0. The summed E-state index contributed by atoms with van der Waals surface area (Å²) < 4.78 is 0. The molecule has 2 N–H and O–H groups in total. The van der Waals surface area contributed by atoms with Crippen molar-refractivity contribution in [3.8, 4) is 5.75 Å². The predicted octanol–water partition coefficient (Wildman–Crippen LogP) is 1.47. The molecule has 5 heteroatoms. The van der Waals surface area contributed by atoms with Crippen molar-refractivity contribution in [2.75, 3.05) is 0 Å². The lowest BCUT2D eigenvalue weighted by molar-refractivity contribution is -0.142. The van der Waals surface area contributed by atoms with E-state index in [1.165, 1.54) is 12.1 Å². The van der Waals surface area contributed by atoms with E-state index in [-0.39, 0.29) is 23.7 Å². The lowest BCUT2D eigenvalue weighted by Crippen LogP contribution is -2.37. The minimum atomic E-state index is -0.810. The van der Waals surface area contributed by atoms with Crippen molar-refractivity contribution >= 4 is 11.9 Å². The van der Waals surface area contributed by atoms with Gasteiger partial charge in [0.05, 0.1) is 5.92 Å². The topological polar surface area (TPSA) is 77.8 Å². The summed E-state index contributed by atoms with van der Waals surface area (Å²) in [5.74, 6) is -1.25. The van der Waals surface area contributed by atoms with E-state index in [1.807, 2.05) is 0 Å². The third kappa shape index (κ3) is 1.85. The number of rotatable bonds is 2. The molecule has 2 saturated heterocycles. The largest absolute Gasteiger partial charge is 0.508 e. The van der Waals surface area contributed by atoms with Crippen LogP contribution >= 0.6 is 0 Å². The second-order valence-electron chi connectivity index (χ2n) is 5.24. The Bertz CT molecular complexity index is 525. The van der Waals surface area contributed by atoms with Crippen LogP contribution < -0.4 is 0 Å². The number of phenolic OH excluding ortho intramolecular Hbond substituents is 1. The zero-order valence-corrected chi connectivity index (χ0v) is 10.3. The molecule has 3 unspecified atom stereocenters. The Balaban J connectivity index is 1.85. The van der Waals surface area contributed by atoms with E-state index in [0.29, 0.717) is 12.0 Å². The van der Waals surface area contributed by atoms with E-state index in [4.69, 9.17) is 0 Å². The van der Waals surface area contributed by atoms with Crippen molar-refractivity contribution in [1.29, 1.82) is 0 Å². The molecule has 0 aliphatic carbocycles. The molecular weight excluding hydrogens is 246 g/mol. The van der Waals surface area contributed by atoms with Gasteiger partial charge in [0.2, 0.25) is 0 Å². The molecule has 3 atom stereocenters. The average Bonchev–Trinajstić information content (AvgIpc) is 2.96. The van der Waals surface area contributed by atoms with Crippen LogP contribution in [0.2, 0.25) is 0 Å². The number of carbonyl (C=O) groups is 2. The quantitative estimate of drug-likeness (QED) is 0.845. The average molecular weight is 261 g/mol. The van der Waals surface area contributed by atoms with Crippen LogP contribution in [0.1, 0.15) is 29.6 Å². The number of carboxylic acids is 1. The summed E-state index contributed by atoms with van der Waals surface area (Å²) in [6.45, 7) is 0. The Morgan fingerprint density at radius 1 is 1.16 bits per heavy atom. The number of hydrogen-bond donors (Lipinski definition) is 2. The molecule has 2 heterocycles. The molecular formula is C14H15NO4. The molecule has 1 aromatic carbocycles. The van der Waals surface area contributed by atoms with Crippen LogP contribution in [0, 0.1) is 5.92 Å². The number of fused-ring (bicyclic) bond motifs is 2. The Morgan fingerprint density at radius 2 is 1.84 bits per heavy atom. The Labute approximate surface area is 110 Å². The van der Waals surface area contributed by atoms with Gasteiger partial charge in [-0.3, -0.25) is 9.59 Å². The fourth-order valence-corrected chi connectivity index (χ4v) is 3.32. The molecule has 0 radical (unpaired) electrons. The molecule has 1 aromatic rings. The van der Waals surface area contributed by atoms with Gasteiger partial charge in [0.15, 0.2) is 0 Å². The Hall–Kier alpha value is -2.04. The lowest BCUT2D eigenvalue weighted by Gasteiger charge is -2.23. The Kier molecular flexibility index (Phi) is 2.69. The van der Waals surface area contributed by atoms with Crippen molar-refractivity contribution in [2.24, 2.45) is 5.92 Å². The van der Waals surface area contributed by atoms with E-state index < -0.39 is 11.9 Å². The van der Waals surface area contributed by atoms with Gasteiger partial charge in [-0.15, -0.1) is 0 Å². The highest BCUT2D eigenvalue weighted by atomic mass is 16.4. The fraction of sp³-hybridized carbons (Fsp3) is 0.429. The van der Waals surface area contributed by atoms with Crippen LogP contribution in [0.5, 0.6) is 5.75 Å². The summed E-state index contributed by atoms with van der Waals surface area (Å²) in [6.07, 6.45) is 2.22. The number of hydrogen-bond acceptors (Lipinski definition) is 3. The summed E-state index contributed by atoms with van der Waals surface area (Å²) in [6, 6.07) is 5.96. The number of benzene rings is 1. The van der Waals surface area contributed by atoms with Gasteiger partial charge in [-0.2, -0.15) is 0 Å². The number of carbonyl (C=O) groups excluding carboxylic acids is 1. The maximum absolute atomic E-state index is 12.4. The number of phenols is 1. The lowest BCUT2D eigenvalue weighted by atomic mass is 9.89. The molecule has 5 nitrogen and oxygen atoms in total. The minimum absolute atomic E-state index is 0.0485. The molecule has 2 aliphatic heterocycles. The number of aliphatic carboxylic acids is 1. The molecule has 1 amide bonds. The van der Waals surface area contributed by atoms with Crippen LogP contribution in [-0.4, -0.2) is 39.1 Å². The molecule has 3 rings (SSSR count). The second kappa shape index (κ2) is 4.26. The van der Waals surface area contributed by atoms with Gasteiger partial charge in [0.25, 0.3) is 5.91 Å². The van der Waals surface area contributed by atoms with Gasteiger partial charge in [-0.05, 0) is 43.5 Å². The van der Waals surface area contributed by atoms with Crippen LogP contribution in [0.4, 0.5) is 0 Å². The standard InChI is InChI=1S/C14H15NO4/c16-10-4-1-8(2-5-10)13(17)15-9-3-6-12(15)11(7-9)14(18)19/h1-2,4-5,9,11-12,16H,3,6-7H2,(H,18,19). The minimum Gasteiger partial charge on any atom is -0.508 e. The van der Waals surface area contributed by atoms with Crippen molar-refractivity contribution in [3.05, 3.63) is 29.8 Å². The number of aromatic hydroxyl groups is 1. The first kappa shape index (κ1) is 12.0. The van der Waals surface area contributed by atoms with Crippen LogP contribution in [0.25, 0.3) is 0 Å². The normalized spacial score (nSPS) is 28.6. The third-order valence-corrected chi connectivity index (χ3v) is 4.20. The molecule has 100 valence electrons. The first-order valence-electron chi connectivity index (χ1n) is 6.42. The first-order chi connectivity index (χ1) is 9.08. The highest BCUT2D eigenvalue weighted by Gasteiger charge is 2.51. The van der Waals surface area contributed by atoms with E-state index in [1.54, 1.807) is 17.0 Å². The van der Waals surface area contributed by atoms with Crippen molar-refractivity contribution in [2.45, 2.75) is 31.3 Å². The van der Waals surface area contributed by atoms with E-state index >= 15 is 0 Å². The van der Waals surface area contributed by atoms with Crippen LogP contribution in [0.15, 0.2) is 24.3 Å². The SMILES string of the molecule is O=C(O)C1CC2CCC1N2C(=O)c1ccc(O)cc1. The highest BCUT2D eigenvalue weighted by Crippen LogP contribution is 2.42. The zero-order valence-electron chi connectivity index (χ0n) is 10.3. The van der Waals surface area contributed by atoms with Gasteiger partial charge in [-0.1, -0.05) is 0 Å². The van der Waals surface area contributed by atoms with Gasteiger partial charge >= 0.3 is 5.97 Å². The van der Waals surface area contributed by atoms with E-state index in [2.05, 4.69) is 0 Å². The van der Waals surface area contributed by atoms with Gasteiger partial charge in [-0.25, -0.2) is 0 Å². The van der Waals surface area contributed by atoms with E-state index in [9.17, 15) is 19.8 Å². The zero-order chi connectivity index (χ0) is 13.6. The first-order valence-corrected chi connectivity index (χ1v) is 6.42. The number of nitrogens with zero attached hydrogens (tertiary/aromatic N) is 1. The summed E-state index contributed by atoms with van der Waals surface area (Å²) in [5.41, 5.74) is 0.501. The molecule has 0 aromatic heterocycles. The molecule has 19 heavy (non-hydrogen) atoms. The monoisotopic (exact) mass is 261 g/mol. The van der Waals surface area contributed by atoms with Crippen LogP contribution in [-0.2, 0) is 4.79 Å². The van der Waals surface area contributed by atoms with E-state index in [0.717, 1.165) is 12.8 Å². The molecule has 0 saturated carbocycles. The summed E-state index contributed by atoms with van der Waals surface area (Å²) >= 11 is 0. The second-order valence-corrected chi connectivity index (χ2v) is 5.24. The third-order valence-electron chi connectivity index (χ3n) is 4.20. The van der Waals surface area contributed by atoms with Gasteiger partial charge in [0, 0.05) is 17.6 Å². The number of carboxylic acid groups (broad SMARTS) is 1. The summed E-state index contributed by atoms with van der Waals surface area (Å²) in [4.78, 5) is 25.3. The maximum Gasteiger partial charge on any atom is 0.308 e. The molecule has 2 fully saturated rings. The maximum atomic E-state index is 12.4. The molecule has 2 aliphatic rings. The van der Waals surface area contributed by atoms with Crippen molar-refractivity contribution in [3.63, 3.8) is 0 Å². The van der Waals surface area contributed by atoms with Crippen molar-refractivity contribution < 1.29 is 19.8 Å². The molecule has 2 bridgehead atoms. The highest BCUT2D eigenvalue weighted by molar-refractivity contribution is 5.95. The number of amides is 1. The van der Waals surface area contributed by atoms with Crippen LogP contribution in [0.3, 0.4) is 0 Å². The summed E-state index contributed by atoms with van der Waals surface area (Å²) in [5, 5.41) is 18.4. The smallest absolute Gasteiger partial charge is 0.308 e. The van der Waals surface area contributed by atoms with Gasteiger partial charge < -0.3 is 15.1 Å². The van der Waals surface area contributed by atoms with Gasteiger partial charge in [0.1, 0.15) is 5.75 Å². The predicted molar refractivity (Wildman–Crippen MR) is 66.8 cm³/mol. The fourth-order valence-electron chi connectivity index (χ4n) is 3.32. The Morgan fingerprint density at radius 3 is 2.42 bits per heavy atom. The molecule has 0 spiro atoms. The van der Waals surface area contributed by atoms with Crippen molar-refractivity contribution in [1.82, 2.24) is 4.90 Å².